The first kappa shape index (κ1) is 10.8. The summed E-state index contributed by atoms with van der Waals surface area (Å²) < 4.78 is 0. The molecule has 4 N–H and O–H groups in total. The second-order valence-corrected chi connectivity index (χ2v) is 3.37. The van der Waals surface area contributed by atoms with Gasteiger partial charge in [-0.25, -0.2) is 4.98 Å². The van der Waals surface area contributed by atoms with Gasteiger partial charge in [0.05, 0.1) is 6.10 Å². The Morgan fingerprint density at radius 2 is 2.36 bits per heavy atom. The number of hydrogen-bond donors (Lipinski definition) is 3. The van der Waals surface area contributed by atoms with Gasteiger partial charge in [-0.3, -0.25) is 0 Å². The minimum Gasteiger partial charge on any atom is -0.398 e. The van der Waals surface area contributed by atoms with Gasteiger partial charge in [-0.1, -0.05) is 6.92 Å². The van der Waals surface area contributed by atoms with Crippen molar-refractivity contribution in [2.24, 2.45) is 0 Å². The van der Waals surface area contributed by atoms with Crippen LogP contribution in [0.25, 0.3) is 0 Å². The van der Waals surface area contributed by atoms with E-state index in [0.717, 1.165) is 12.0 Å². The topological polar surface area (TPSA) is 71.2 Å². The first-order valence-electron chi connectivity index (χ1n) is 4.77. The van der Waals surface area contributed by atoms with Crippen LogP contribution in [0, 0.1) is 6.92 Å². The van der Waals surface area contributed by atoms with Crippen LogP contribution < -0.4 is 11.1 Å². The van der Waals surface area contributed by atoms with Crippen LogP contribution in [-0.4, -0.2) is 22.7 Å². The van der Waals surface area contributed by atoms with Crippen molar-refractivity contribution in [2.45, 2.75) is 26.4 Å². The van der Waals surface area contributed by atoms with Crippen LogP contribution in [0.4, 0.5) is 11.5 Å². The summed E-state index contributed by atoms with van der Waals surface area (Å²) in [5.74, 6) is 0.709. The van der Waals surface area contributed by atoms with Gasteiger partial charge in [0.15, 0.2) is 0 Å². The van der Waals surface area contributed by atoms with E-state index < -0.39 is 0 Å². The van der Waals surface area contributed by atoms with E-state index in [-0.39, 0.29) is 6.10 Å². The summed E-state index contributed by atoms with van der Waals surface area (Å²) in [6.45, 7) is 4.35. The van der Waals surface area contributed by atoms with Gasteiger partial charge in [-0.2, -0.15) is 0 Å². The summed E-state index contributed by atoms with van der Waals surface area (Å²) in [5, 5.41) is 12.3. The van der Waals surface area contributed by atoms with Crippen molar-refractivity contribution in [1.82, 2.24) is 4.98 Å². The lowest BCUT2D eigenvalue weighted by Crippen LogP contribution is -2.18. The average molecular weight is 195 g/mol. The molecule has 4 heteroatoms. The third kappa shape index (κ3) is 2.88. The summed E-state index contributed by atoms with van der Waals surface area (Å²) >= 11 is 0. The molecular formula is C10H17N3O. The number of aliphatic hydroxyl groups excluding tert-OH is 1. The molecule has 14 heavy (non-hydrogen) atoms. The second-order valence-electron chi connectivity index (χ2n) is 3.37. The molecule has 0 aromatic carbocycles. The lowest BCUT2D eigenvalue weighted by Gasteiger charge is -2.10. The summed E-state index contributed by atoms with van der Waals surface area (Å²) in [6.07, 6.45) is 2.11. The van der Waals surface area contributed by atoms with Crippen LogP contribution in [0.3, 0.4) is 0 Å². The molecular weight excluding hydrogens is 178 g/mol. The van der Waals surface area contributed by atoms with Gasteiger partial charge in [-0.05, 0) is 18.9 Å². The molecule has 0 spiro atoms. The highest BCUT2D eigenvalue weighted by molar-refractivity contribution is 5.53. The van der Waals surface area contributed by atoms with E-state index >= 15 is 0 Å². The summed E-state index contributed by atoms with van der Waals surface area (Å²) in [6, 6.07) is 1.78. The fourth-order valence-electron chi connectivity index (χ4n) is 1.00. The molecule has 0 radical (unpaired) electrons. The van der Waals surface area contributed by atoms with Gasteiger partial charge in [0.2, 0.25) is 0 Å². The molecule has 78 valence electrons. The molecule has 1 heterocycles. The predicted octanol–water partition coefficient (Wildman–Crippen LogP) is 1.16. The lowest BCUT2D eigenvalue weighted by molar-refractivity contribution is 0.183. The second kappa shape index (κ2) is 4.81. The Labute approximate surface area is 84.2 Å². The largest absolute Gasteiger partial charge is 0.398 e. The van der Waals surface area contributed by atoms with Gasteiger partial charge in [-0.15, -0.1) is 0 Å². The Hall–Kier alpha value is -1.29. The molecule has 1 rings (SSSR count). The fourth-order valence-corrected chi connectivity index (χ4v) is 1.00. The molecule has 0 aliphatic carbocycles. The predicted molar refractivity (Wildman–Crippen MR) is 58.2 cm³/mol. The van der Waals surface area contributed by atoms with E-state index in [1.807, 2.05) is 13.8 Å². The number of nitrogen functional groups attached to an aromatic ring is 1. The van der Waals surface area contributed by atoms with Crippen molar-refractivity contribution in [2.75, 3.05) is 17.6 Å². The van der Waals surface area contributed by atoms with Gasteiger partial charge >= 0.3 is 0 Å². The van der Waals surface area contributed by atoms with Crippen molar-refractivity contribution >= 4 is 11.5 Å². The molecule has 1 aromatic heterocycles. The van der Waals surface area contributed by atoms with Crippen LogP contribution in [0.2, 0.25) is 0 Å². The third-order valence-electron chi connectivity index (χ3n) is 2.13. The molecule has 0 aliphatic rings. The zero-order chi connectivity index (χ0) is 10.6. The number of nitrogens with one attached hydrogen (secondary N) is 1. The number of rotatable bonds is 4. The Bertz CT molecular complexity index is 301. The molecule has 0 aliphatic heterocycles. The van der Waals surface area contributed by atoms with Crippen LogP contribution >= 0.6 is 0 Å². The molecule has 0 saturated heterocycles. The zero-order valence-corrected chi connectivity index (χ0v) is 8.62. The number of hydrogen-bond acceptors (Lipinski definition) is 4. The minimum atomic E-state index is -0.334. The van der Waals surface area contributed by atoms with E-state index in [0.29, 0.717) is 18.1 Å². The van der Waals surface area contributed by atoms with Gasteiger partial charge in [0, 0.05) is 24.5 Å². The van der Waals surface area contributed by atoms with Crippen molar-refractivity contribution in [3.05, 3.63) is 17.8 Å². The molecule has 0 fully saturated rings. The third-order valence-corrected chi connectivity index (χ3v) is 2.13. The van der Waals surface area contributed by atoms with E-state index in [1.54, 1.807) is 12.3 Å². The van der Waals surface area contributed by atoms with E-state index in [4.69, 9.17) is 5.73 Å². The highest BCUT2D eigenvalue weighted by Gasteiger charge is 2.01. The number of anilines is 2. The summed E-state index contributed by atoms with van der Waals surface area (Å²) in [4.78, 5) is 4.14. The molecule has 0 amide bonds. The number of pyridine rings is 1. The van der Waals surface area contributed by atoms with Gasteiger partial charge in [0.1, 0.15) is 5.82 Å². The molecule has 4 nitrogen and oxygen atoms in total. The number of aryl methyl sites for hydroxylation is 1. The Morgan fingerprint density at radius 3 is 2.93 bits per heavy atom. The Morgan fingerprint density at radius 1 is 1.64 bits per heavy atom. The average Bonchev–Trinajstić information content (AvgIpc) is 2.19. The maximum absolute atomic E-state index is 9.32. The van der Waals surface area contributed by atoms with Crippen LogP contribution in [0.1, 0.15) is 18.9 Å². The smallest absolute Gasteiger partial charge is 0.128 e. The van der Waals surface area contributed by atoms with Gasteiger partial charge in [0.25, 0.3) is 0 Å². The molecule has 0 saturated carbocycles. The van der Waals surface area contributed by atoms with Crippen LogP contribution in [0.5, 0.6) is 0 Å². The van der Waals surface area contributed by atoms with Crippen molar-refractivity contribution in [1.29, 1.82) is 0 Å². The van der Waals surface area contributed by atoms with Gasteiger partial charge < -0.3 is 16.2 Å². The highest BCUT2D eigenvalue weighted by atomic mass is 16.3. The van der Waals surface area contributed by atoms with Crippen LogP contribution in [-0.2, 0) is 0 Å². The molecule has 0 bridgehead atoms. The summed E-state index contributed by atoms with van der Waals surface area (Å²) in [7, 11) is 0. The van der Waals surface area contributed by atoms with Crippen LogP contribution in [0.15, 0.2) is 12.3 Å². The van der Waals surface area contributed by atoms with E-state index in [2.05, 4.69) is 10.3 Å². The monoisotopic (exact) mass is 195 g/mol. The maximum Gasteiger partial charge on any atom is 0.128 e. The number of aromatic nitrogens is 1. The Balaban J connectivity index is 2.55. The molecule has 1 atom stereocenters. The first-order valence-corrected chi connectivity index (χ1v) is 4.77. The lowest BCUT2D eigenvalue weighted by atomic mass is 10.2. The quantitative estimate of drug-likeness (QED) is 0.674. The number of nitrogens with zero attached hydrogens (tertiary/aromatic N) is 1. The normalized spacial score (nSPS) is 12.5. The first-order chi connectivity index (χ1) is 6.63. The Kier molecular flexibility index (Phi) is 3.71. The SMILES string of the molecule is CCC(O)CNc1cc(N)c(C)cn1. The molecule has 1 aromatic rings. The van der Waals surface area contributed by atoms with Crippen molar-refractivity contribution < 1.29 is 5.11 Å². The standard InChI is InChI=1S/C10H17N3O/c1-3-8(14)6-13-10-4-9(11)7(2)5-12-10/h4-5,8,14H,3,6H2,1-2H3,(H3,11,12,13). The zero-order valence-electron chi connectivity index (χ0n) is 8.62. The number of aliphatic hydroxyl groups is 1. The van der Waals surface area contributed by atoms with E-state index in [9.17, 15) is 5.11 Å². The fraction of sp³-hybridized carbons (Fsp3) is 0.500. The number of nitrogens with two attached hydrogens (primary N) is 1. The summed E-state index contributed by atoms with van der Waals surface area (Å²) in [5.41, 5.74) is 7.40. The van der Waals surface area contributed by atoms with E-state index in [1.165, 1.54) is 0 Å². The minimum absolute atomic E-state index is 0.334. The van der Waals surface area contributed by atoms with Crippen molar-refractivity contribution in [3.63, 3.8) is 0 Å². The van der Waals surface area contributed by atoms with Crippen molar-refractivity contribution in [3.8, 4) is 0 Å². The molecule has 1 unspecified atom stereocenters. The highest BCUT2D eigenvalue weighted by Crippen LogP contribution is 2.13. The maximum atomic E-state index is 9.32.